The lowest BCUT2D eigenvalue weighted by Gasteiger charge is -2.23. The Hall–Kier alpha value is -1.60. The van der Waals surface area contributed by atoms with Crippen molar-refractivity contribution in [3.63, 3.8) is 0 Å². The minimum atomic E-state index is -4.38. The number of aromatic nitrogens is 2. The first-order valence-corrected chi connectivity index (χ1v) is 5.78. The van der Waals surface area contributed by atoms with Crippen LogP contribution in [-0.2, 0) is 6.18 Å². The van der Waals surface area contributed by atoms with Crippen LogP contribution in [0.1, 0.15) is 23.9 Å². The Balaban J connectivity index is 0.00000147. The SMILES string of the molecule is Cl.FC(F)(F)c1cccc(-c2noc([C@H]3CCN3)n2)c1. The first kappa shape index (κ1) is 14.8. The second-order valence-corrected chi connectivity index (χ2v) is 4.33. The van der Waals surface area contributed by atoms with Crippen LogP contribution < -0.4 is 5.32 Å². The van der Waals surface area contributed by atoms with Crippen molar-refractivity contribution in [1.29, 1.82) is 0 Å². The topological polar surface area (TPSA) is 51.0 Å². The molecule has 0 unspecified atom stereocenters. The smallest absolute Gasteiger partial charge is 0.337 e. The van der Waals surface area contributed by atoms with E-state index in [0.717, 1.165) is 25.1 Å². The molecule has 0 amide bonds. The number of hydrogen-bond acceptors (Lipinski definition) is 4. The third kappa shape index (κ3) is 2.78. The predicted octanol–water partition coefficient (Wildman–Crippen LogP) is 3.21. The largest absolute Gasteiger partial charge is 0.416 e. The lowest BCUT2D eigenvalue weighted by atomic mass is 10.1. The summed E-state index contributed by atoms with van der Waals surface area (Å²) in [6.45, 7) is 0.881. The van der Waals surface area contributed by atoms with Crippen LogP contribution >= 0.6 is 12.4 Å². The van der Waals surface area contributed by atoms with Gasteiger partial charge in [-0.25, -0.2) is 0 Å². The number of halogens is 4. The predicted molar refractivity (Wildman–Crippen MR) is 67.3 cm³/mol. The first-order chi connectivity index (χ1) is 9.04. The molecule has 0 bridgehead atoms. The summed E-state index contributed by atoms with van der Waals surface area (Å²) in [7, 11) is 0. The lowest BCUT2D eigenvalue weighted by Crippen LogP contribution is -2.35. The molecule has 1 aliphatic heterocycles. The molecule has 1 aromatic carbocycles. The molecule has 8 heteroatoms. The van der Waals surface area contributed by atoms with E-state index in [0.29, 0.717) is 11.5 Å². The van der Waals surface area contributed by atoms with Crippen LogP contribution in [0, 0.1) is 0 Å². The molecule has 0 spiro atoms. The van der Waals surface area contributed by atoms with Gasteiger partial charge >= 0.3 is 6.18 Å². The van der Waals surface area contributed by atoms with Gasteiger partial charge < -0.3 is 9.84 Å². The van der Waals surface area contributed by atoms with E-state index in [2.05, 4.69) is 15.5 Å². The summed E-state index contributed by atoms with van der Waals surface area (Å²) in [5, 5.41) is 6.81. The molecule has 1 fully saturated rings. The Morgan fingerprint density at radius 2 is 2.05 bits per heavy atom. The highest BCUT2D eigenvalue weighted by molar-refractivity contribution is 5.85. The van der Waals surface area contributed by atoms with Gasteiger partial charge in [-0.05, 0) is 25.1 Å². The van der Waals surface area contributed by atoms with Gasteiger partial charge in [0.25, 0.3) is 0 Å². The number of rotatable bonds is 2. The molecule has 1 aromatic heterocycles. The molecule has 108 valence electrons. The van der Waals surface area contributed by atoms with Crippen LogP contribution in [0.5, 0.6) is 0 Å². The molecule has 2 heterocycles. The third-order valence-electron chi connectivity index (χ3n) is 3.01. The van der Waals surface area contributed by atoms with E-state index in [4.69, 9.17) is 4.52 Å². The summed E-state index contributed by atoms with van der Waals surface area (Å²) >= 11 is 0. The Morgan fingerprint density at radius 3 is 2.65 bits per heavy atom. The molecule has 0 saturated carbocycles. The van der Waals surface area contributed by atoms with Crippen molar-refractivity contribution in [3.8, 4) is 11.4 Å². The molecule has 0 radical (unpaired) electrons. The van der Waals surface area contributed by atoms with Gasteiger partial charge in [0, 0.05) is 5.56 Å². The highest BCUT2D eigenvalue weighted by Gasteiger charge is 2.31. The monoisotopic (exact) mass is 305 g/mol. The number of hydrogen-bond donors (Lipinski definition) is 1. The molecular formula is C12H11ClF3N3O. The Bertz CT molecular complexity index is 596. The highest BCUT2D eigenvalue weighted by atomic mass is 35.5. The van der Waals surface area contributed by atoms with Gasteiger partial charge in [0.15, 0.2) is 0 Å². The van der Waals surface area contributed by atoms with Crippen LogP contribution in [0.2, 0.25) is 0 Å². The van der Waals surface area contributed by atoms with E-state index >= 15 is 0 Å². The second kappa shape index (κ2) is 5.41. The standard InChI is InChI=1S/C12H10F3N3O.ClH/c13-12(14,15)8-3-1-2-7(6-8)10-17-11(19-18-10)9-4-5-16-9;/h1-3,6,9,16H,4-5H2;1H/t9-;/m1./s1. The number of alkyl halides is 3. The van der Waals surface area contributed by atoms with Crippen molar-refractivity contribution in [2.24, 2.45) is 0 Å². The van der Waals surface area contributed by atoms with Gasteiger partial charge in [-0.15, -0.1) is 12.4 Å². The molecule has 1 saturated heterocycles. The zero-order valence-electron chi connectivity index (χ0n) is 10.1. The van der Waals surface area contributed by atoms with Crippen LogP contribution in [0.4, 0.5) is 13.2 Å². The summed E-state index contributed by atoms with van der Waals surface area (Å²) < 4.78 is 42.9. The number of nitrogens with zero attached hydrogens (tertiary/aromatic N) is 2. The van der Waals surface area contributed by atoms with Crippen LogP contribution in [0.25, 0.3) is 11.4 Å². The minimum Gasteiger partial charge on any atom is -0.337 e. The molecule has 0 aliphatic carbocycles. The first-order valence-electron chi connectivity index (χ1n) is 5.78. The van der Waals surface area contributed by atoms with Crippen molar-refractivity contribution in [2.75, 3.05) is 6.54 Å². The number of benzene rings is 1. The van der Waals surface area contributed by atoms with Gasteiger partial charge in [-0.1, -0.05) is 17.3 Å². The Morgan fingerprint density at radius 1 is 1.30 bits per heavy atom. The molecule has 1 N–H and O–H groups in total. The fourth-order valence-electron chi connectivity index (χ4n) is 1.83. The van der Waals surface area contributed by atoms with Gasteiger partial charge in [0.2, 0.25) is 11.7 Å². The molecule has 20 heavy (non-hydrogen) atoms. The fourth-order valence-corrected chi connectivity index (χ4v) is 1.83. The van der Waals surface area contributed by atoms with E-state index < -0.39 is 11.7 Å². The lowest BCUT2D eigenvalue weighted by molar-refractivity contribution is -0.137. The Labute approximate surface area is 118 Å². The normalized spacial score (nSPS) is 18.2. The summed E-state index contributed by atoms with van der Waals surface area (Å²) in [6, 6.07) is 4.90. The average Bonchev–Trinajstić information content (AvgIpc) is 2.75. The van der Waals surface area contributed by atoms with Crippen LogP contribution in [0.3, 0.4) is 0 Å². The van der Waals surface area contributed by atoms with Crippen molar-refractivity contribution < 1.29 is 17.7 Å². The zero-order valence-corrected chi connectivity index (χ0v) is 11.0. The maximum atomic E-state index is 12.6. The molecule has 3 rings (SSSR count). The van der Waals surface area contributed by atoms with Gasteiger partial charge in [0.1, 0.15) is 0 Å². The van der Waals surface area contributed by atoms with Crippen molar-refractivity contribution >= 4 is 12.4 Å². The Kier molecular flexibility index (Phi) is 4.01. The van der Waals surface area contributed by atoms with Gasteiger partial charge in [-0.3, -0.25) is 0 Å². The highest BCUT2D eigenvalue weighted by Crippen LogP contribution is 2.32. The van der Waals surface area contributed by atoms with Gasteiger partial charge in [0.05, 0.1) is 11.6 Å². The van der Waals surface area contributed by atoms with Gasteiger partial charge in [-0.2, -0.15) is 18.2 Å². The quantitative estimate of drug-likeness (QED) is 0.925. The third-order valence-corrected chi connectivity index (χ3v) is 3.01. The van der Waals surface area contributed by atoms with Crippen molar-refractivity contribution in [3.05, 3.63) is 35.7 Å². The molecule has 1 aliphatic rings. The van der Waals surface area contributed by atoms with E-state index in [-0.39, 0.29) is 24.3 Å². The molecular weight excluding hydrogens is 295 g/mol. The van der Waals surface area contributed by atoms with Crippen molar-refractivity contribution in [2.45, 2.75) is 18.6 Å². The summed E-state index contributed by atoms with van der Waals surface area (Å²) in [6.07, 6.45) is -3.48. The minimum absolute atomic E-state index is 0. The summed E-state index contributed by atoms with van der Waals surface area (Å²) in [5.74, 6) is 0.591. The second-order valence-electron chi connectivity index (χ2n) is 4.33. The summed E-state index contributed by atoms with van der Waals surface area (Å²) in [4.78, 5) is 4.12. The molecule has 4 nitrogen and oxygen atoms in total. The van der Waals surface area contributed by atoms with E-state index in [9.17, 15) is 13.2 Å². The van der Waals surface area contributed by atoms with E-state index in [1.54, 1.807) is 0 Å². The molecule has 1 atom stereocenters. The zero-order chi connectivity index (χ0) is 13.5. The van der Waals surface area contributed by atoms with Crippen molar-refractivity contribution in [1.82, 2.24) is 15.5 Å². The number of nitrogens with one attached hydrogen (secondary N) is 1. The summed E-state index contributed by atoms with van der Waals surface area (Å²) in [5.41, 5.74) is -0.428. The van der Waals surface area contributed by atoms with E-state index in [1.165, 1.54) is 12.1 Å². The van der Waals surface area contributed by atoms with Crippen LogP contribution in [0.15, 0.2) is 28.8 Å². The average molecular weight is 306 g/mol. The fraction of sp³-hybridized carbons (Fsp3) is 0.333. The van der Waals surface area contributed by atoms with E-state index in [1.807, 2.05) is 0 Å². The van der Waals surface area contributed by atoms with Crippen LogP contribution in [-0.4, -0.2) is 16.7 Å². The molecule has 2 aromatic rings. The maximum absolute atomic E-state index is 12.6. The maximum Gasteiger partial charge on any atom is 0.416 e.